The summed E-state index contributed by atoms with van der Waals surface area (Å²) < 4.78 is 15.9. The van der Waals surface area contributed by atoms with Gasteiger partial charge in [0, 0.05) is 35.7 Å². The Morgan fingerprint density at radius 2 is 1.70 bits per heavy atom. The quantitative estimate of drug-likeness (QED) is 0.0405. The van der Waals surface area contributed by atoms with E-state index in [1.807, 2.05) is 0 Å². The van der Waals surface area contributed by atoms with Crippen LogP contribution >= 0.6 is 0 Å². The number of carbonyl (C=O) groups is 3. The molecule has 3 aromatic rings. The summed E-state index contributed by atoms with van der Waals surface area (Å²) in [6, 6.07) is 5.03. The summed E-state index contributed by atoms with van der Waals surface area (Å²) in [7, 11) is 0. The fourth-order valence-electron chi connectivity index (χ4n) is 3.78. The highest BCUT2D eigenvalue weighted by molar-refractivity contribution is 5.97. The van der Waals surface area contributed by atoms with Crippen molar-refractivity contribution < 1.29 is 38.8 Å². The number of carboxylic acids is 1. The van der Waals surface area contributed by atoms with Crippen molar-refractivity contribution >= 4 is 40.6 Å². The summed E-state index contributed by atoms with van der Waals surface area (Å²) in [4.78, 5) is 55.1. The van der Waals surface area contributed by atoms with Crippen LogP contribution < -0.4 is 21.7 Å². The number of ether oxygens (including phenoxy) is 3. The molecule has 1 unspecified atom stereocenters. The van der Waals surface area contributed by atoms with E-state index in [1.54, 1.807) is 12.1 Å². The molecule has 46 heavy (non-hydrogen) atoms. The first-order valence-electron chi connectivity index (χ1n) is 14.1. The average Bonchev–Trinajstić information content (AvgIpc) is 3.04. The van der Waals surface area contributed by atoms with E-state index >= 15 is 0 Å². The van der Waals surface area contributed by atoms with E-state index in [1.165, 1.54) is 18.3 Å². The molecular weight excluding hydrogens is 606 g/mol. The van der Waals surface area contributed by atoms with Gasteiger partial charge in [0.1, 0.15) is 6.04 Å². The standard InChI is InChI=1S/C27H35N11O8/c28-27-36-23-22(25(41)37-27)34-19(16-32-23)15-31-18-3-1-17(2-4-18)24(40)35-20(26(42)43)5-6-21(39)30-7-9-44-11-13-46-14-12-45-10-8-33-38-29/h1-4,16,20,31H,5-15H2,(H,30,39)(H,35,40)(H,42,43)(H3,28,32,36,37,41). The van der Waals surface area contributed by atoms with Crippen molar-refractivity contribution in [2.75, 3.05) is 63.8 Å². The summed E-state index contributed by atoms with van der Waals surface area (Å²) in [5.41, 5.74) is 15.3. The molecule has 0 aliphatic heterocycles. The zero-order valence-electron chi connectivity index (χ0n) is 24.8. The van der Waals surface area contributed by atoms with Crippen LogP contribution in [0.4, 0.5) is 11.6 Å². The van der Waals surface area contributed by atoms with Crippen molar-refractivity contribution in [2.45, 2.75) is 25.4 Å². The lowest BCUT2D eigenvalue weighted by Crippen LogP contribution is -2.41. The molecule has 0 saturated heterocycles. The number of carboxylic acid groups (broad SMARTS) is 1. The minimum absolute atomic E-state index is 0.105. The summed E-state index contributed by atoms with van der Waals surface area (Å²) in [5.74, 6) is -2.75. The Balaban J connectivity index is 1.32. The molecule has 246 valence electrons. The van der Waals surface area contributed by atoms with Crippen molar-refractivity contribution in [1.82, 2.24) is 30.6 Å². The molecule has 0 bridgehead atoms. The van der Waals surface area contributed by atoms with Crippen LogP contribution in [0.15, 0.2) is 35.6 Å². The minimum atomic E-state index is -1.27. The van der Waals surface area contributed by atoms with E-state index < -0.39 is 17.9 Å². The van der Waals surface area contributed by atoms with Gasteiger partial charge in [0.05, 0.1) is 58.1 Å². The molecule has 1 atom stereocenters. The number of benzene rings is 1. The first-order chi connectivity index (χ1) is 22.3. The molecule has 0 saturated carbocycles. The molecule has 3 rings (SSSR count). The number of nitrogens with two attached hydrogens (primary N) is 1. The van der Waals surface area contributed by atoms with Gasteiger partial charge in [0.2, 0.25) is 17.7 Å². The Hall–Kier alpha value is -5.36. The van der Waals surface area contributed by atoms with Gasteiger partial charge in [-0.3, -0.25) is 9.59 Å². The molecule has 2 aromatic heterocycles. The number of nitrogens with zero attached hydrogens (tertiary/aromatic N) is 7. The number of nitrogen functional groups attached to an aromatic ring is 1. The molecule has 19 nitrogen and oxygen atoms in total. The number of aliphatic carboxylic acids is 1. The SMILES string of the molecule is [N-]=[N+]=NCCOCCOCCOCCNC(=O)CCC(NC(=O)c1ccc(NCc2cnc3nc(N)nc(O)c3n2)cc1)C(=O)O. The number of amides is 2. The zero-order chi connectivity index (χ0) is 33.1. The minimum Gasteiger partial charge on any atom is -0.492 e. The van der Waals surface area contributed by atoms with Gasteiger partial charge in [0.25, 0.3) is 5.91 Å². The Morgan fingerprint density at radius 1 is 1.00 bits per heavy atom. The van der Waals surface area contributed by atoms with Gasteiger partial charge < -0.3 is 46.1 Å². The molecule has 0 aliphatic carbocycles. The first-order valence-corrected chi connectivity index (χ1v) is 14.1. The molecular formula is C27H35N11O8. The second-order valence-corrected chi connectivity index (χ2v) is 9.41. The largest absolute Gasteiger partial charge is 0.492 e. The number of hydrogen-bond donors (Lipinski definition) is 6. The van der Waals surface area contributed by atoms with Crippen LogP contribution in [-0.4, -0.2) is 107 Å². The molecule has 2 heterocycles. The molecule has 0 spiro atoms. The molecule has 2 amide bonds. The van der Waals surface area contributed by atoms with Crippen LogP contribution in [0.5, 0.6) is 5.88 Å². The number of carbonyl (C=O) groups excluding carboxylic acids is 2. The van der Waals surface area contributed by atoms with E-state index in [-0.39, 0.29) is 73.5 Å². The maximum Gasteiger partial charge on any atom is 0.326 e. The van der Waals surface area contributed by atoms with Crippen LogP contribution in [0, 0.1) is 0 Å². The average molecular weight is 642 g/mol. The Morgan fingerprint density at radius 3 is 2.39 bits per heavy atom. The normalized spacial score (nSPS) is 11.4. The number of anilines is 2. The van der Waals surface area contributed by atoms with Gasteiger partial charge in [0.15, 0.2) is 11.2 Å². The summed E-state index contributed by atoms with van der Waals surface area (Å²) in [6.07, 6.45) is 1.25. The molecule has 0 radical (unpaired) electrons. The predicted octanol–water partition coefficient (Wildman–Crippen LogP) is 0.759. The van der Waals surface area contributed by atoms with Crippen LogP contribution in [0.3, 0.4) is 0 Å². The van der Waals surface area contributed by atoms with Gasteiger partial charge in [-0.1, -0.05) is 5.11 Å². The number of rotatable bonds is 21. The van der Waals surface area contributed by atoms with Crippen LogP contribution in [-0.2, 0) is 30.3 Å². The summed E-state index contributed by atoms with van der Waals surface area (Å²) >= 11 is 0. The fourth-order valence-corrected chi connectivity index (χ4v) is 3.78. The number of fused-ring (bicyclic) bond motifs is 1. The van der Waals surface area contributed by atoms with Gasteiger partial charge >= 0.3 is 5.97 Å². The second kappa shape index (κ2) is 19.1. The van der Waals surface area contributed by atoms with E-state index in [0.29, 0.717) is 44.4 Å². The van der Waals surface area contributed by atoms with Gasteiger partial charge in [-0.2, -0.15) is 9.97 Å². The fraction of sp³-hybridized carbons (Fsp3) is 0.444. The number of aromatic hydroxyl groups is 1. The third kappa shape index (κ3) is 12.3. The molecule has 7 N–H and O–H groups in total. The van der Waals surface area contributed by atoms with Crippen LogP contribution in [0.1, 0.15) is 28.9 Å². The van der Waals surface area contributed by atoms with Gasteiger partial charge in [-0.15, -0.1) is 0 Å². The lowest BCUT2D eigenvalue weighted by atomic mass is 10.1. The molecule has 0 fully saturated rings. The molecule has 1 aromatic carbocycles. The number of azide groups is 1. The van der Waals surface area contributed by atoms with E-state index in [4.69, 9.17) is 25.5 Å². The maximum absolute atomic E-state index is 12.7. The van der Waals surface area contributed by atoms with Crippen molar-refractivity contribution in [3.63, 3.8) is 0 Å². The van der Waals surface area contributed by atoms with E-state index in [0.717, 1.165) is 0 Å². The van der Waals surface area contributed by atoms with Crippen molar-refractivity contribution in [2.24, 2.45) is 5.11 Å². The van der Waals surface area contributed by atoms with Gasteiger partial charge in [-0.05, 0) is 36.2 Å². The predicted molar refractivity (Wildman–Crippen MR) is 163 cm³/mol. The first kappa shape index (κ1) is 35.1. The van der Waals surface area contributed by atoms with E-state index in [2.05, 4.69) is 45.9 Å². The third-order valence-electron chi connectivity index (χ3n) is 6.05. The smallest absolute Gasteiger partial charge is 0.326 e. The number of nitrogens with one attached hydrogen (secondary N) is 3. The molecule has 19 heteroatoms. The highest BCUT2D eigenvalue weighted by Crippen LogP contribution is 2.19. The van der Waals surface area contributed by atoms with Crippen LogP contribution in [0.2, 0.25) is 0 Å². The Kier molecular flexibility index (Phi) is 14.6. The number of hydrogen-bond acceptors (Lipinski definition) is 14. The Labute approximate surface area is 262 Å². The molecule has 0 aliphatic rings. The van der Waals surface area contributed by atoms with Gasteiger partial charge in [-0.25, -0.2) is 14.8 Å². The Bertz CT molecular complexity index is 1500. The third-order valence-corrected chi connectivity index (χ3v) is 6.05. The lowest BCUT2D eigenvalue weighted by molar-refractivity contribution is -0.139. The maximum atomic E-state index is 12.7. The van der Waals surface area contributed by atoms with Crippen molar-refractivity contribution in [3.05, 3.63) is 52.2 Å². The zero-order valence-corrected chi connectivity index (χ0v) is 24.8. The summed E-state index contributed by atoms with van der Waals surface area (Å²) in [6.45, 7) is 2.68. The second-order valence-electron chi connectivity index (χ2n) is 9.41. The highest BCUT2D eigenvalue weighted by atomic mass is 16.5. The van der Waals surface area contributed by atoms with Crippen LogP contribution in [0.25, 0.3) is 21.6 Å². The topological polar surface area (TPSA) is 282 Å². The van der Waals surface area contributed by atoms with E-state index in [9.17, 15) is 24.6 Å². The van der Waals surface area contributed by atoms with Crippen molar-refractivity contribution in [3.8, 4) is 5.88 Å². The number of aromatic nitrogens is 4. The van der Waals surface area contributed by atoms with Crippen molar-refractivity contribution in [1.29, 1.82) is 0 Å². The highest BCUT2D eigenvalue weighted by Gasteiger charge is 2.22. The monoisotopic (exact) mass is 641 g/mol. The summed E-state index contributed by atoms with van der Waals surface area (Å²) in [5, 5.41) is 31.0. The lowest BCUT2D eigenvalue weighted by Gasteiger charge is -2.15.